The maximum absolute atomic E-state index is 12.9. The van der Waals surface area contributed by atoms with Crippen LogP contribution in [0.5, 0.6) is 0 Å². The van der Waals surface area contributed by atoms with Crippen LogP contribution in [0.3, 0.4) is 0 Å². The van der Waals surface area contributed by atoms with Crippen LogP contribution in [0.25, 0.3) is 0 Å². The molecule has 1 aromatic carbocycles. The summed E-state index contributed by atoms with van der Waals surface area (Å²) in [7, 11) is 0. The first-order chi connectivity index (χ1) is 6.86. The van der Waals surface area contributed by atoms with Gasteiger partial charge in [-0.15, -0.1) is 12.4 Å². The van der Waals surface area contributed by atoms with Crippen molar-refractivity contribution in [1.82, 2.24) is 0 Å². The summed E-state index contributed by atoms with van der Waals surface area (Å²) < 4.78 is 49.3. The van der Waals surface area contributed by atoms with Crippen molar-refractivity contribution in [1.29, 1.82) is 0 Å². The molecule has 0 aliphatic carbocycles. The Hall–Kier alpha value is -1.14. The van der Waals surface area contributed by atoms with Crippen molar-refractivity contribution in [3.05, 3.63) is 35.1 Å². The SMILES string of the molecule is Cl.NCC(=O)c1ccc(C(F)(F)F)c(F)c1. The molecule has 0 heterocycles. The zero-order valence-corrected chi connectivity index (χ0v) is 8.66. The Bertz CT molecular complexity index is 392. The number of hydrogen-bond donors (Lipinski definition) is 1. The van der Waals surface area contributed by atoms with Crippen molar-refractivity contribution in [2.45, 2.75) is 6.18 Å². The molecule has 0 radical (unpaired) electrons. The normalized spacial score (nSPS) is 10.8. The van der Waals surface area contributed by atoms with Crippen molar-refractivity contribution >= 4 is 18.2 Å². The molecule has 0 aliphatic heterocycles. The zero-order valence-electron chi connectivity index (χ0n) is 7.84. The summed E-state index contributed by atoms with van der Waals surface area (Å²) in [6, 6.07) is 1.97. The van der Waals surface area contributed by atoms with Crippen LogP contribution in [0, 0.1) is 5.82 Å². The number of rotatable bonds is 2. The van der Waals surface area contributed by atoms with Crippen LogP contribution >= 0.6 is 12.4 Å². The molecule has 7 heteroatoms. The predicted octanol–water partition coefficient (Wildman–Crippen LogP) is 2.41. The standard InChI is InChI=1S/C9H7F4NO.ClH/c10-7-3-5(8(15)4-14)1-2-6(7)9(11,12)13;/h1-3H,4,14H2;1H. The van der Waals surface area contributed by atoms with Crippen LogP contribution in [-0.4, -0.2) is 12.3 Å². The number of ketones is 1. The first-order valence-corrected chi connectivity index (χ1v) is 3.96. The highest BCUT2D eigenvalue weighted by atomic mass is 35.5. The van der Waals surface area contributed by atoms with E-state index in [1.807, 2.05) is 0 Å². The summed E-state index contributed by atoms with van der Waals surface area (Å²) in [6.45, 7) is -0.370. The maximum atomic E-state index is 12.9. The van der Waals surface area contributed by atoms with E-state index in [4.69, 9.17) is 5.73 Å². The van der Waals surface area contributed by atoms with E-state index in [0.717, 1.165) is 6.07 Å². The van der Waals surface area contributed by atoms with Crippen molar-refractivity contribution in [2.75, 3.05) is 6.54 Å². The van der Waals surface area contributed by atoms with Crippen LogP contribution in [-0.2, 0) is 6.18 Å². The lowest BCUT2D eigenvalue weighted by molar-refractivity contribution is -0.140. The molecule has 2 nitrogen and oxygen atoms in total. The van der Waals surface area contributed by atoms with Gasteiger partial charge in [0.2, 0.25) is 0 Å². The van der Waals surface area contributed by atoms with Crippen LogP contribution in [0.4, 0.5) is 17.6 Å². The van der Waals surface area contributed by atoms with Crippen LogP contribution in [0.1, 0.15) is 15.9 Å². The molecule has 16 heavy (non-hydrogen) atoms. The minimum atomic E-state index is -4.76. The van der Waals surface area contributed by atoms with Gasteiger partial charge >= 0.3 is 6.18 Å². The molecule has 2 N–H and O–H groups in total. The lowest BCUT2D eigenvalue weighted by Crippen LogP contribution is -2.15. The van der Waals surface area contributed by atoms with Crippen molar-refractivity contribution in [2.24, 2.45) is 5.73 Å². The first-order valence-electron chi connectivity index (χ1n) is 3.96. The van der Waals surface area contributed by atoms with Crippen LogP contribution in [0.15, 0.2) is 18.2 Å². The Labute approximate surface area is 94.8 Å². The molecule has 0 amide bonds. The fourth-order valence-electron chi connectivity index (χ4n) is 1.04. The van der Waals surface area contributed by atoms with E-state index in [1.165, 1.54) is 0 Å². The number of alkyl halides is 3. The predicted molar refractivity (Wildman–Crippen MR) is 52.0 cm³/mol. The van der Waals surface area contributed by atoms with Gasteiger partial charge in [0.25, 0.3) is 0 Å². The Morgan fingerprint density at radius 1 is 1.31 bits per heavy atom. The highest BCUT2D eigenvalue weighted by molar-refractivity contribution is 5.97. The lowest BCUT2D eigenvalue weighted by atomic mass is 10.1. The average Bonchev–Trinajstić information content (AvgIpc) is 2.14. The van der Waals surface area contributed by atoms with Crippen LogP contribution < -0.4 is 5.73 Å². The maximum Gasteiger partial charge on any atom is 0.419 e. The van der Waals surface area contributed by atoms with E-state index in [2.05, 4.69) is 0 Å². The van der Waals surface area contributed by atoms with Gasteiger partial charge in [0.1, 0.15) is 5.82 Å². The quantitative estimate of drug-likeness (QED) is 0.653. The lowest BCUT2D eigenvalue weighted by Gasteiger charge is -2.08. The second-order valence-electron chi connectivity index (χ2n) is 2.82. The number of hydrogen-bond acceptors (Lipinski definition) is 2. The van der Waals surface area contributed by atoms with E-state index in [0.29, 0.717) is 12.1 Å². The summed E-state index contributed by atoms with van der Waals surface area (Å²) in [4.78, 5) is 11.0. The molecule has 0 unspecified atom stereocenters. The number of Topliss-reactive ketones (excluding diaryl/α,β-unsaturated/α-hetero) is 1. The minimum absolute atomic E-state index is 0. The van der Waals surface area contributed by atoms with Gasteiger partial charge in [-0.3, -0.25) is 4.79 Å². The third kappa shape index (κ3) is 3.18. The van der Waals surface area contributed by atoms with E-state index < -0.39 is 23.3 Å². The number of carbonyl (C=O) groups is 1. The smallest absolute Gasteiger partial charge is 0.324 e. The molecular weight excluding hydrogens is 250 g/mol. The van der Waals surface area contributed by atoms with Gasteiger partial charge < -0.3 is 5.73 Å². The van der Waals surface area contributed by atoms with E-state index in [1.54, 1.807) is 0 Å². The minimum Gasteiger partial charge on any atom is -0.324 e. The van der Waals surface area contributed by atoms with Crippen molar-refractivity contribution in [3.63, 3.8) is 0 Å². The van der Waals surface area contributed by atoms with Crippen LogP contribution in [0.2, 0.25) is 0 Å². The third-order valence-corrected chi connectivity index (χ3v) is 1.78. The largest absolute Gasteiger partial charge is 0.419 e. The number of halogens is 5. The number of benzene rings is 1. The topological polar surface area (TPSA) is 43.1 Å². The Morgan fingerprint density at radius 2 is 1.88 bits per heavy atom. The fourth-order valence-corrected chi connectivity index (χ4v) is 1.04. The van der Waals surface area contributed by atoms with Gasteiger partial charge in [-0.2, -0.15) is 13.2 Å². The summed E-state index contributed by atoms with van der Waals surface area (Å²) >= 11 is 0. The Morgan fingerprint density at radius 3 is 2.25 bits per heavy atom. The van der Waals surface area contributed by atoms with Gasteiger partial charge in [0.05, 0.1) is 12.1 Å². The molecule has 0 spiro atoms. The molecule has 1 rings (SSSR count). The molecule has 0 aromatic heterocycles. The summed E-state index contributed by atoms with van der Waals surface area (Å²) in [6.07, 6.45) is -4.76. The first kappa shape index (κ1) is 14.9. The van der Waals surface area contributed by atoms with Gasteiger partial charge in [-0.25, -0.2) is 4.39 Å². The third-order valence-electron chi connectivity index (χ3n) is 1.78. The van der Waals surface area contributed by atoms with Gasteiger partial charge in [0, 0.05) is 5.56 Å². The molecule has 0 atom stereocenters. The van der Waals surface area contributed by atoms with Gasteiger partial charge in [0.15, 0.2) is 5.78 Å². The van der Waals surface area contributed by atoms with E-state index >= 15 is 0 Å². The molecule has 0 aliphatic rings. The highest BCUT2D eigenvalue weighted by Crippen LogP contribution is 2.31. The molecule has 1 aromatic rings. The molecule has 0 saturated heterocycles. The van der Waals surface area contributed by atoms with E-state index in [-0.39, 0.29) is 24.5 Å². The summed E-state index contributed by atoms with van der Waals surface area (Å²) in [5.74, 6) is -2.08. The summed E-state index contributed by atoms with van der Waals surface area (Å²) in [5, 5.41) is 0. The molecule has 90 valence electrons. The number of carbonyl (C=O) groups excluding carboxylic acids is 1. The fraction of sp³-hybridized carbons (Fsp3) is 0.222. The second kappa shape index (κ2) is 5.27. The summed E-state index contributed by atoms with van der Waals surface area (Å²) in [5.41, 5.74) is 3.43. The number of nitrogens with two attached hydrogens (primary N) is 1. The molecular formula is C9H8ClF4NO. The Kier molecular flexibility index (Phi) is 4.89. The average molecular weight is 258 g/mol. The van der Waals surface area contributed by atoms with Crippen molar-refractivity contribution < 1.29 is 22.4 Å². The van der Waals surface area contributed by atoms with E-state index in [9.17, 15) is 22.4 Å². The molecule has 0 saturated carbocycles. The van der Waals surface area contributed by atoms with Crippen molar-refractivity contribution in [3.8, 4) is 0 Å². The highest BCUT2D eigenvalue weighted by Gasteiger charge is 2.34. The molecule has 0 fully saturated rings. The monoisotopic (exact) mass is 257 g/mol. The Balaban J connectivity index is 0.00000225. The van der Waals surface area contributed by atoms with Gasteiger partial charge in [-0.1, -0.05) is 6.07 Å². The zero-order chi connectivity index (χ0) is 11.6. The molecule has 0 bridgehead atoms. The van der Waals surface area contributed by atoms with Gasteiger partial charge in [-0.05, 0) is 12.1 Å². The second-order valence-corrected chi connectivity index (χ2v) is 2.82.